The van der Waals surface area contributed by atoms with E-state index in [2.05, 4.69) is 20.9 Å². The zero-order valence-corrected chi connectivity index (χ0v) is 19.8. The third kappa shape index (κ3) is 3.65. The molecule has 0 aliphatic carbocycles. The number of aromatic carboxylic acids is 1. The van der Waals surface area contributed by atoms with Crippen molar-refractivity contribution in [2.45, 2.75) is 6.04 Å². The lowest BCUT2D eigenvalue weighted by atomic mass is 10.00. The number of Topliss-reactive ketones (excluding diaryl/α,β-unsaturated/α-hetero) is 1. The van der Waals surface area contributed by atoms with Crippen LogP contribution in [0.1, 0.15) is 26.8 Å². The summed E-state index contributed by atoms with van der Waals surface area (Å²) in [6.45, 7) is 0. The first-order chi connectivity index (χ1) is 15.8. The van der Waals surface area contributed by atoms with Gasteiger partial charge in [0.15, 0.2) is 5.13 Å². The van der Waals surface area contributed by atoms with Gasteiger partial charge in [-0.3, -0.25) is 14.5 Å². The smallest absolute Gasteiger partial charge is 0.335 e. The highest BCUT2D eigenvalue weighted by Crippen LogP contribution is 2.45. The number of thiazole rings is 1. The molecular weight excluding hydrogens is 528 g/mol. The van der Waals surface area contributed by atoms with Crippen LogP contribution >= 0.6 is 38.6 Å². The van der Waals surface area contributed by atoms with E-state index in [-0.39, 0.29) is 22.0 Å². The number of aromatic nitrogens is 1. The van der Waals surface area contributed by atoms with E-state index in [1.807, 2.05) is 5.38 Å². The molecule has 1 amide bonds. The van der Waals surface area contributed by atoms with Gasteiger partial charge in [0.1, 0.15) is 11.8 Å². The van der Waals surface area contributed by atoms with Crippen LogP contribution in [-0.4, -0.2) is 32.9 Å². The number of anilines is 1. The number of hydrogen-bond acceptors (Lipinski definition) is 7. The van der Waals surface area contributed by atoms with Crippen LogP contribution in [0.15, 0.2) is 70.0 Å². The predicted molar refractivity (Wildman–Crippen MR) is 130 cm³/mol. The molecule has 5 rings (SSSR count). The average molecular weight is 541 g/mol. The van der Waals surface area contributed by atoms with Crippen LogP contribution in [0.3, 0.4) is 0 Å². The zero-order chi connectivity index (χ0) is 23.3. The number of carboxylic acids is 1. The molecule has 0 bridgehead atoms. The summed E-state index contributed by atoms with van der Waals surface area (Å²) in [4.78, 5) is 44.1. The van der Waals surface area contributed by atoms with Crippen LogP contribution in [0.25, 0.3) is 16.0 Å². The van der Waals surface area contributed by atoms with Crippen molar-refractivity contribution in [3.8, 4) is 0 Å². The lowest BCUT2D eigenvalue weighted by Gasteiger charge is -2.21. The molecule has 2 aromatic carbocycles. The Morgan fingerprint density at radius 1 is 1.03 bits per heavy atom. The summed E-state index contributed by atoms with van der Waals surface area (Å²) >= 11 is 5.82. The number of rotatable bonds is 4. The molecule has 1 atom stereocenters. The summed E-state index contributed by atoms with van der Waals surface area (Å²) in [7, 11) is 0. The quantitative estimate of drug-likeness (QED) is 0.202. The standard InChI is InChI=1S/C23H13BrN2O5S2/c24-13-6-3-11(4-7-13)19(27)17-18(15-2-1-9-32-15)26(21(29)20(17)28)23-25-14-8-5-12(22(30)31)10-16(14)33-23/h1-10,18,27H,(H,30,31)/b19-17+. The van der Waals surface area contributed by atoms with Crippen LogP contribution in [-0.2, 0) is 9.59 Å². The molecule has 0 saturated carbocycles. The van der Waals surface area contributed by atoms with Gasteiger partial charge < -0.3 is 10.2 Å². The fourth-order valence-corrected chi connectivity index (χ4v) is 5.78. The van der Waals surface area contributed by atoms with Crippen LogP contribution in [0.4, 0.5) is 5.13 Å². The minimum Gasteiger partial charge on any atom is -0.507 e. The van der Waals surface area contributed by atoms with Crippen molar-refractivity contribution < 1.29 is 24.6 Å². The molecule has 2 aromatic heterocycles. The fourth-order valence-electron chi connectivity index (χ4n) is 3.66. The zero-order valence-electron chi connectivity index (χ0n) is 16.6. The lowest BCUT2D eigenvalue weighted by molar-refractivity contribution is -0.132. The molecule has 1 fully saturated rings. The summed E-state index contributed by atoms with van der Waals surface area (Å²) < 4.78 is 1.38. The molecule has 0 spiro atoms. The number of amides is 1. The van der Waals surface area contributed by atoms with Crippen molar-refractivity contribution in [3.05, 3.63) is 86.0 Å². The van der Waals surface area contributed by atoms with Crippen LogP contribution in [0.2, 0.25) is 0 Å². The van der Waals surface area contributed by atoms with Gasteiger partial charge in [-0.25, -0.2) is 9.78 Å². The van der Waals surface area contributed by atoms with Crippen LogP contribution in [0, 0.1) is 0 Å². The molecule has 1 unspecified atom stereocenters. The number of ketones is 1. The number of fused-ring (bicyclic) bond motifs is 1. The van der Waals surface area contributed by atoms with Gasteiger partial charge in [0.05, 0.1) is 21.4 Å². The Morgan fingerprint density at radius 3 is 2.42 bits per heavy atom. The van der Waals surface area contributed by atoms with Gasteiger partial charge in [0.25, 0.3) is 5.78 Å². The Labute approximate surface area is 203 Å². The van der Waals surface area contributed by atoms with Gasteiger partial charge in [0.2, 0.25) is 0 Å². The molecule has 10 heteroatoms. The number of thiophene rings is 1. The first-order valence-electron chi connectivity index (χ1n) is 9.59. The lowest BCUT2D eigenvalue weighted by Crippen LogP contribution is -2.28. The summed E-state index contributed by atoms with van der Waals surface area (Å²) in [5.74, 6) is -2.94. The summed E-state index contributed by atoms with van der Waals surface area (Å²) in [6, 6.07) is 14.0. The number of carboxylic acid groups (broad SMARTS) is 1. The number of aliphatic hydroxyl groups is 1. The number of hydrogen-bond donors (Lipinski definition) is 2. The highest BCUT2D eigenvalue weighted by atomic mass is 79.9. The number of aliphatic hydroxyl groups excluding tert-OH is 1. The summed E-state index contributed by atoms with van der Waals surface area (Å²) in [5.41, 5.74) is 1.01. The van der Waals surface area contributed by atoms with Crippen molar-refractivity contribution in [2.24, 2.45) is 0 Å². The van der Waals surface area contributed by atoms with E-state index >= 15 is 0 Å². The predicted octanol–water partition coefficient (Wildman–Crippen LogP) is 5.44. The van der Waals surface area contributed by atoms with Crippen molar-refractivity contribution in [2.75, 3.05) is 4.90 Å². The molecule has 0 radical (unpaired) electrons. The van der Waals surface area contributed by atoms with Gasteiger partial charge in [-0.1, -0.05) is 45.5 Å². The molecule has 3 heterocycles. The first kappa shape index (κ1) is 21.5. The Morgan fingerprint density at radius 2 is 1.76 bits per heavy atom. The van der Waals surface area contributed by atoms with Crippen molar-refractivity contribution in [1.29, 1.82) is 0 Å². The van der Waals surface area contributed by atoms with Gasteiger partial charge in [-0.2, -0.15) is 0 Å². The number of carbonyl (C=O) groups excluding carboxylic acids is 2. The maximum absolute atomic E-state index is 13.2. The third-order valence-electron chi connectivity index (χ3n) is 5.20. The minimum atomic E-state index is -1.07. The minimum absolute atomic E-state index is 0.0183. The Hall–Kier alpha value is -3.34. The highest BCUT2D eigenvalue weighted by molar-refractivity contribution is 9.10. The number of halogens is 1. The second kappa shape index (κ2) is 8.22. The molecule has 1 aliphatic heterocycles. The van der Waals surface area contributed by atoms with Crippen LogP contribution in [0.5, 0.6) is 0 Å². The molecule has 33 heavy (non-hydrogen) atoms. The molecule has 1 aliphatic rings. The van der Waals surface area contributed by atoms with E-state index in [9.17, 15) is 24.6 Å². The summed E-state index contributed by atoms with van der Waals surface area (Å²) in [5, 5.41) is 22.4. The largest absolute Gasteiger partial charge is 0.507 e. The summed E-state index contributed by atoms with van der Waals surface area (Å²) in [6.07, 6.45) is 0. The monoisotopic (exact) mass is 540 g/mol. The second-order valence-electron chi connectivity index (χ2n) is 7.18. The van der Waals surface area contributed by atoms with E-state index < -0.39 is 23.7 Å². The topological polar surface area (TPSA) is 108 Å². The van der Waals surface area contributed by atoms with Crippen molar-refractivity contribution in [3.63, 3.8) is 0 Å². The maximum atomic E-state index is 13.2. The van der Waals surface area contributed by atoms with Gasteiger partial charge >= 0.3 is 11.9 Å². The number of nitrogens with zero attached hydrogens (tertiary/aromatic N) is 2. The van der Waals surface area contributed by atoms with Gasteiger partial charge in [0, 0.05) is 14.9 Å². The number of benzene rings is 2. The Bertz CT molecular complexity index is 1460. The van der Waals surface area contributed by atoms with E-state index in [1.165, 1.54) is 28.4 Å². The SMILES string of the molecule is O=C1C(=O)N(c2nc3ccc(C(=O)O)cc3s2)C(c2cccs2)/C1=C(\O)c1ccc(Br)cc1. The van der Waals surface area contributed by atoms with E-state index in [0.717, 1.165) is 15.8 Å². The molecule has 1 saturated heterocycles. The maximum Gasteiger partial charge on any atom is 0.335 e. The fraction of sp³-hybridized carbons (Fsp3) is 0.0435. The van der Waals surface area contributed by atoms with Gasteiger partial charge in [-0.15, -0.1) is 11.3 Å². The third-order valence-corrected chi connectivity index (χ3v) is 7.68. The van der Waals surface area contributed by atoms with Gasteiger partial charge in [-0.05, 0) is 41.8 Å². The van der Waals surface area contributed by atoms with Crippen molar-refractivity contribution >= 4 is 77.4 Å². The average Bonchev–Trinajstić information content (AvgIpc) is 3.52. The molecule has 164 valence electrons. The van der Waals surface area contributed by atoms with Crippen molar-refractivity contribution in [1.82, 2.24) is 4.98 Å². The van der Waals surface area contributed by atoms with E-state index in [4.69, 9.17) is 0 Å². The van der Waals surface area contributed by atoms with E-state index in [0.29, 0.717) is 20.7 Å². The number of carbonyl (C=O) groups is 3. The normalized spacial score (nSPS) is 17.7. The Balaban J connectivity index is 1.69. The second-order valence-corrected chi connectivity index (χ2v) is 10.1. The first-order valence-corrected chi connectivity index (χ1v) is 12.1. The molecule has 4 aromatic rings. The highest BCUT2D eigenvalue weighted by Gasteiger charge is 2.48. The Kier molecular flexibility index (Phi) is 5.35. The molecular formula is C23H13BrN2O5S2. The molecule has 7 nitrogen and oxygen atoms in total. The molecule has 2 N–H and O–H groups in total. The van der Waals surface area contributed by atoms with E-state index in [1.54, 1.807) is 42.5 Å². The van der Waals surface area contributed by atoms with Crippen LogP contribution < -0.4 is 4.90 Å².